The zero-order valence-electron chi connectivity index (χ0n) is 15.6. The number of hydrogen-bond donors (Lipinski definition) is 1. The van der Waals surface area contributed by atoms with E-state index in [0.29, 0.717) is 17.4 Å². The summed E-state index contributed by atoms with van der Waals surface area (Å²) in [6, 6.07) is 16.2. The zero-order valence-corrected chi connectivity index (χ0v) is 16.3. The van der Waals surface area contributed by atoms with Gasteiger partial charge >= 0.3 is 0 Å². The monoisotopic (exact) mass is 386 g/mol. The number of fused-ring (bicyclic) bond motifs is 1. The van der Waals surface area contributed by atoms with E-state index in [2.05, 4.69) is 40.5 Å². The Morgan fingerprint density at radius 3 is 2.67 bits per heavy atom. The number of nitrogens with one attached hydrogen (secondary N) is 1. The Balaban J connectivity index is 1.18. The molecular formula is C22H27ClN2O2. The van der Waals surface area contributed by atoms with Crippen molar-refractivity contribution in [3.63, 3.8) is 0 Å². The van der Waals surface area contributed by atoms with Crippen LogP contribution in [0.5, 0.6) is 11.5 Å². The molecule has 2 aliphatic rings. The van der Waals surface area contributed by atoms with Gasteiger partial charge in [0, 0.05) is 13.1 Å². The van der Waals surface area contributed by atoms with Gasteiger partial charge in [-0.1, -0.05) is 48.0 Å². The molecule has 2 aliphatic heterocycles. The molecule has 144 valence electrons. The van der Waals surface area contributed by atoms with Crippen molar-refractivity contribution in [2.75, 3.05) is 32.8 Å². The van der Waals surface area contributed by atoms with Crippen LogP contribution in [0.25, 0.3) is 0 Å². The Hall–Kier alpha value is -1.75. The molecule has 2 heterocycles. The molecule has 0 unspecified atom stereocenters. The summed E-state index contributed by atoms with van der Waals surface area (Å²) in [5.74, 6) is 2.20. The average molecular weight is 387 g/mol. The Morgan fingerprint density at radius 2 is 1.85 bits per heavy atom. The van der Waals surface area contributed by atoms with E-state index >= 15 is 0 Å². The second-order valence-corrected chi connectivity index (χ2v) is 7.89. The Kier molecular flexibility index (Phi) is 6.17. The number of hydrogen-bond acceptors (Lipinski definition) is 4. The molecule has 2 aromatic carbocycles. The number of ether oxygens (including phenoxy) is 2. The third kappa shape index (κ3) is 4.95. The van der Waals surface area contributed by atoms with Crippen LogP contribution < -0.4 is 14.8 Å². The van der Waals surface area contributed by atoms with Crippen molar-refractivity contribution in [1.82, 2.24) is 10.2 Å². The van der Waals surface area contributed by atoms with Gasteiger partial charge < -0.3 is 14.8 Å². The van der Waals surface area contributed by atoms with Crippen LogP contribution in [0.15, 0.2) is 48.5 Å². The normalized spacial score (nSPS) is 20.6. The quantitative estimate of drug-likeness (QED) is 0.814. The van der Waals surface area contributed by atoms with E-state index < -0.39 is 0 Å². The maximum Gasteiger partial charge on any atom is 0.180 e. The standard InChI is InChI=1S/C22H27ClN2O2/c23-20-7-4-8-21-22(20)27-19(16-26-21)15-25-11-9-18(10-12-25)14-24-13-17-5-2-1-3-6-17/h1-8,18-19,24H,9-16H2/t19-/m0/s1. The summed E-state index contributed by atoms with van der Waals surface area (Å²) in [6.07, 6.45) is 2.50. The van der Waals surface area contributed by atoms with Gasteiger partial charge in [0.1, 0.15) is 12.7 Å². The van der Waals surface area contributed by atoms with E-state index in [4.69, 9.17) is 21.1 Å². The zero-order chi connectivity index (χ0) is 18.5. The molecule has 1 fully saturated rings. The van der Waals surface area contributed by atoms with Crippen LogP contribution in [0, 0.1) is 5.92 Å². The molecule has 27 heavy (non-hydrogen) atoms. The number of para-hydroxylation sites is 1. The maximum atomic E-state index is 6.24. The fourth-order valence-electron chi connectivity index (χ4n) is 3.87. The van der Waals surface area contributed by atoms with E-state index in [1.165, 1.54) is 18.4 Å². The summed E-state index contributed by atoms with van der Waals surface area (Å²) in [7, 11) is 0. The van der Waals surface area contributed by atoms with E-state index in [0.717, 1.165) is 44.4 Å². The van der Waals surface area contributed by atoms with Crippen molar-refractivity contribution in [2.45, 2.75) is 25.5 Å². The lowest BCUT2D eigenvalue weighted by molar-refractivity contribution is 0.0478. The lowest BCUT2D eigenvalue weighted by Crippen LogP contribution is -2.45. The number of halogens is 1. The molecule has 4 rings (SSSR count). The van der Waals surface area contributed by atoms with Crippen LogP contribution in [0.1, 0.15) is 18.4 Å². The van der Waals surface area contributed by atoms with Gasteiger partial charge in [0.15, 0.2) is 11.5 Å². The predicted octanol–water partition coefficient (Wildman–Crippen LogP) is 3.98. The van der Waals surface area contributed by atoms with E-state index in [1.54, 1.807) is 0 Å². The lowest BCUT2D eigenvalue weighted by atomic mass is 9.96. The highest BCUT2D eigenvalue weighted by molar-refractivity contribution is 6.32. The number of likely N-dealkylation sites (tertiary alicyclic amines) is 1. The summed E-state index contributed by atoms with van der Waals surface area (Å²) in [6.45, 7) is 5.77. The van der Waals surface area contributed by atoms with Crippen molar-refractivity contribution in [3.05, 3.63) is 59.1 Å². The van der Waals surface area contributed by atoms with Crippen molar-refractivity contribution < 1.29 is 9.47 Å². The lowest BCUT2D eigenvalue weighted by Gasteiger charge is -2.36. The van der Waals surface area contributed by atoms with Gasteiger partial charge in [-0.05, 0) is 56.1 Å². The second-order valence-electron chi connectivity index (χ2n) is 7.48. The van der Waals surface area contributed by atoms with Crippen LogP contribution in [-0.2, 0) is 6.54 Å². The van der Waals surface area contributed by atoms with E-state index in [9.17, 15) is 0 Å². The van der Waals surface area contributed by atoms with Crippen LogP contribution in [-0.4, -0.2) is 43.8 Å². The molecule has 0 aromatic heterocycles. The first-order valence-corrected chi connectivity index (χ1v) is 10.2. The minimum absolute atomic E-state index is 0.0464. The van der Waals surface area contributed by atoms with Gasteiger partial charge in [0.2, 0.25) is 0 Å². The molecule has 0 amide bonds. The highest BCUT2D eigenvalue weighted by Crippen LogP contribution is 2.38. The maximum absolute atomic E-state index is 6.24. The molecule has 0 radical (unpaired) electrons. The Bertz CT molecular complexity index is 732. The third-order valence-corrected chi connectivity index (χ3v) is 5.71. The number of piperidine rings is 1. The molecular weight excluding hydrogens is 360 g/mol. The fourth-order valence-corrected chi connectivity index (χ4v) is 4.08. The molecule has 0 aliphatic carbocycles. The largest absolute Gasteiger partial charge is 0.486 e. The van der Waals surface area contributed by atoms with E-state index in [-0.39, 0.29) is 6.10 Å². The molecule has 0 spiro atoms. The summed E-state index contributed by atoms with van der Waals surface area (Å²) in [5, 5.41) is 4.23. The van der Waals surface area contributed by atoms with Crippen molar-refractivity contribution in [2.24, 2.45) is 5.92 Å². The van der Waals surface area contributed by atoms with Gasteiger partial charge in [0.05, 0.1) is 5.02 Å². The SMILES string of the molecule is Clc1cccc2c1O[C@@H](CN1CCC(CNCc3ccccc3)CC1)CO2. The molecule has 1 N–H and O–H groups in total. The van der Waals surface area contributed by atoms with Crippen molar-refractivity contribution >= 4 is 11.6 Å². The number of nitrogens with zero attached hydrogens (tertiary/aromatic N) is 1. The molecule has 0 bridgehead atoms. The molecule has 1 saturated heterocycles. The Labute approximate surface area is 166 Å². The van der Waals surface area contributed by atoms with Gasteiger partial charge in [0.25, 0.3) is 0 Å². The smallest absolute Gasteiger partial charge is 0.180 e. The highest BCUT2D eigenvalue weighted by atomic mass is 35.5. The van der Waals surface area contributed by atoms with Crippen LogP contribution in [0.2, 0.25) is 5.02 Å². The molecule has 2 aromatic rings. The van der Waals surface area contributed by atoms with Crippen LogP contribution in [0.3, 0.4) is 0 Å². The molecule has 5 heteroatoms. The third-order valence-electron chi connectivity index (χ3n) is 5.41. The molecule has 4 nitrogen and oxygen atoms in total. The van der Waals surface area contributed by atoms with Gasteiger partial charge in [-0.3, -0.25) is 4.90 Å². The fraction of sp³-hybridized carbons (Fsp3) is 0.455. The molecule has 0 saturated carbocycles. The summed E-state index contributed by atoms with van der Waals surface area (Å²) < 4.78 is 11.9. The van der Waals surface area contributed by atoms with Gasteiger partial charge in [-0.15, -0.1) is 0 Å². The first kappa shape index (κ1) is 18.6. The topological polar surface area (TPSA) is 33.7 Å². The number of benzene rings is 2. The second kappa shape index (κ2) is 8.96. The highest BCUT2D eigenvalue weighted by Gasteiger charge is 2.27. The van der Waals surface area contributed by atoms with Gasteiger partial charge in [-0.25, -0.2) is 0 Å². The first-order valence-electron chi connectivity index (χ1n) is 9.83. The average Bonchev–Trinajstić information content (AvgIpc) is 2.71. The number of rotatable bonds is 6. The summed E-state index contributed by atoms with van der Waals surface area (Å²) >= 11 is 6.24. The van der Waals surface area contributed by atoms with Crippen LogP contribution in [0.4, 0.5) is 0 Å². The van der Waals surface area contributed by atoms with Gasteiger partial charge in [-0.2, -0.15) is 0 Å². The first-order chi connectivity index (χ1) is 13.3. The Morgan fingerprint density at radius 1 is 1.04 bits per heavy atom. The summed E-state index contributed by atoms with van der Waals surface area (Å²) in [5.41, 5.74) is 1.35. The van der Waals surface area contributed by atoms with Crippen LogP contribution >= 0.6 is 11.6 Å². The van der Waals surface area contributed by atoms with Crippen molar-refractivity contribution in [3.8, 4) is 11.5 Å². The van der Waals surface area contributed by atoms with E-state index in [1.807, 2.05) is 18.2 Å². The van der Waals surface area contributed by atoms with Crippen molar-refractivity contribution in [1.29, 1.82) is 0 Å². The minimum atomic E-state index is 0.0464. The molecule has 1 atom stereocenters. The minimum Gasteiger partial charge on any atom is -0.486 e. The predicted molar refractivity (Wildman–Crippen MR) is 109 cm³/mol. The summed E-state index contributed by atoms with van der Waals surface area (Å²) in [4.78, 5) is 2.49.